The molecule has 2 N–H and O–H groups in total. The van der Waals surface area contributed by atoms with Crippen molar-refractivity contribution in [2.24, 2.45) is 11.8 Å². The summed E-state index contributed by atoms with van der Waals surface area (Å²) in [6, 6.07) is 12.4. The summed E-state index contributed by atoms with van der Waals surface area (Å²) < 4.78 is 21.9. The Hall–Kier alpha value is -3.04. The zero-order valence-electron chi connectivity index (χ0n) is 20.7. The maximum absolute atomic E-state index is 14.7. The van der Waals surface area contributed by atoms with Crippen LogP contribution in [-0.2, 0) is 25.7 Å². The van der Waals surface area contributed by atoms with Gasteiger partial charge in [0.2, 0.25) is 17.7 Å². The molecule has 5 atom stereocenters. The number of fused-ring (bicyclic) bond motifs is 1. The van der Waals surface area contributed by atoms with Gasteiger partial charge in [0.1, 0.15) is 17.5 Å². The fourth-order valence-corrected chi connectivity index (χ4v) is 6.80. The highest BCUT2D eigenvalue weighted by Gasteiger charge is 2.72. The lowest BCUT2D eigenvalue weighted by atomic mass is 9.74. The highest BCUT2D eigenvalue weighted by Crippen LogP contribution is 2.55. The molecule has 2 aromatic carbocycles. The van der Waals surface area contributed by atoms with E-state index in [4.69, 9.17) is 4.74 Å². The molecule has 6 rings (SSSR count). The van der Waals surface area contributed by atoms with E-state index in [0.717, 1.165) is 36.6 Å². The summed E-state index contributed by atoms with van der Waals surface area (Å²) in [6.07, 6.45) is 7.92. The van der Waals surface area contributed by atoms with Crippen molar-refractivity contribution < 1.29 is 23.5 Å². The van der Waals surface area contributed by atoms with E-state index in [-0.39, 0.29) is 30.3 Å². The second-order valence-electron chi connectivity index (χ2n) is 10.6. The SMILES string of the molecule is O=C(Nc1ccc(Br)cc1)[C@@H]1[C@H]2C=C[C@]3(O2)[C@H](C(=O)NC2CCCCC2)N(Cc2ccccc2F)C(=O)[C@@H]13. The maximum Gasteiger partial charge on any atom is 0.246 e. The fourth-order valence-electron chi connectivity index (χ4n) is 6.53. The van der Waals surface area contributed by atoms with Crippen molar-refractivity contribution >= 4 is 39.3 Å². The minimum absolute atomic E-state index is 0.0243. The van der Waals surface area contributed by atoms with Crippen LogP contribution in [0.2, 0.25) is 0 Å². The summed E-state index contributed by atoms with van der Waals surface area (Å²) in [6.45, 7) is -0.0879. The van der Waals surface area contributed by atoms with Gasteiger partial charge in [0.25, 0.3) is 0 Å². The fraction of sp³-hybridized carbons (Fsp3) is 0.414. The third kappa shape index (κ3) is 4.25. The normalized spacial score (nSPS) is 29.9. The van der Waals surface area contributed by atoms with Crippen LogP contribution in [0.3, 0.4) is 0 Å². The summed E-state index contributed by atoms with van der Waals surface area (Å²) >= 11 is 3.39. The van der Waals surface area contributed by atoms with Crippen LogP contribution in [0, 0.1) is 17.7 Å². The van der Waals surface area contributed by atoms with E-state index in [1.54, 1.807) is 42.5 Å². The molecule has 198 valence electrons. The minimum Gasteiger partial charge on any atom is -0.359 e. The van der Waals surface area contributed by atoms with E-state index in [0.29, 0.717) is 11.3 Å². The van der Waals surface area contributed by atoms with E-state index in [9.17, 15) is 18.8 Å². The van der Waals surface area contributed by atoms with Gasteiger partial charge in [-0.1, -0.05) is 65.5 Å². The smallest absolute Gasteiger partial charge is 0.246 e. The van der Waals surface area contributed by atoms with Gasteiger partial charge in [0.15, 0.2) is 0 Å². The van der Waals surface area contributed by atoms with Crippen molar-refractivity contribution in [1.82, 2.24) is 10.2 Å². The number of hydrogen-bond acceptors (Lipinski definition) is 4. The first kappa shape index (κ1) is 25.2. The van der Waals surface area contributed by atoms with Crippen molar-refractivity contribution in [3.05, 3.63) is 76.5 Å². The Kier molecular flexibility index (Phi) is 6.60. The van der Waals surface area contributed by atoms with Crippen LogP contribution in [-0.4, -0.2) is 46.4 Å². The lowest BCUT2D eigenvalue weighted by molar-refractivity contribution is -0.142. The molecule has 1 spiro atoms. The molecule has 1 aliphatic carbocycles. The number of amides is 3. The van der Waals surface area contributed by atoms with E-state index < -0.39 is 35.4 Å². The number of benzene rings is 2. The van der Waals surface area contributed by atoms with Crippen molar-refractivity contribution in [3.63, 3.8) is 0 Å². The van der Waals surface area contributed by atoms with Crippen molar-refractivity contribution in [3.8, 4) is 0 Å². The third-order valence-corrected chi connectivity index (χ3v) is 8.82. The average molecular weight is 582 g/mol. The molecule has 2 saturated heterocycles. The number of likely N-dealkylation sites (tertiary alicyclic amines) is 1. The van der Waals surface area contributed by atoms with Gasteiger partial charge >= 0.3 is 0 Å². The predicted molar refractivity (Wildman–Crippen MR) is 142 cm³/mol. The van der Waals surface area contributed by atoms with Gasteiger partial charge in [-0.2, -0.15) is 0 Å². The number of nitrogens with zero attached hydrogens (tertiary/aromatic N) is 1. The summed E-state index contributed by atoms with van der Waals surface area (Å²) in [7, 11) is 0. The van der Waals surface area contributed by atoms with Gasteiger partial charge in [-0.15, -0.1) is 0 Å². The predicted octanol–water partition coefficient (Wildman–Crippen LogP) is 4.33. The topological polar surface area (TPSA) is 87.7 Å². The number of anilines is 1. The Bertz CT molecular complexity index is 1290. The van der Waals surface area contributed by atoms with Crippen LogP contribution in [0.15, 0.2) is 65.2 Å². The van der Waals surface area contributed by atoms with Crippen LogP contribution in [0.4, 0.5) is 10.1 Å². The molecular weight excluding hydrogens is 553 g/mol. The summed E-state index contributed by atoms with van der Waals surface area (Å²) in [5.41, 5.74) is -0.380. The third-order valence-electron chi connectivity index (χ3n) is 8.29. The summed E-state index contributed by atoms with van der Waals surface area (Å²) in [4.78, 5) is 42.8. The highest BCUT2D eigenvalue weighted by atomic mass is 79.9. The highest BCUT2D eigenvalue weighted by molar-refractivity contribution is 9.10. The van der Waals surface area contributed by atoms with Gasteiger partial charge in [-0.25, -0.2) is 4.39 Å². The Morgan fingerprint density at radius 2 is 1.79 bits per heavy atom. The molecule has 0 aromatic heterocycles. The molecule has 3 aliphatic heterocycles. The number of carbonyl (C=O) groups excluding carboxylic acids is 3. The van der Waals surface area contributed by atoms with Gasteiger partial charge in [0, 0.05) is 28.3 Å². The van der Waals surface area contributed by atoms with E-state index in [1.165, 1.54) is 11.0 Å². The van der Waals surface area contributed by atoms with E-state index >= 15 is 0 Å². The Morgan fingerprint density at radius 3 is 2.53 bits per heavy atom. The van der Waals surface area contributed by atoms with Gasteiger partial charge < -0.3 is 20.3 Å². The van der Waals surface area contributed by atoms with Crippen molar-refractivity contribution in [1.29, 1.82) is 0 Å². The van der Waals surface area contributed by atoms with E-state index in [1.807, 2.05) is 12.1 Å². The van der Waals surface area contributed by atoms with Gasteiger partial charge in [-0.3, -0.25) is 14.4 Å². The molecular formula is C29H29BrFN3O4. The number of rotatable bonds is 6. The number of ether oxygens (including phenoxy) is 1. The Balaban J connectivity index is 1.33. The largest absolute Gasteiger partial charge is 0.359 e. The standard InChI is InChI=1S/C29H29BrFN3O4/c30-18-10-12-20(13-11-18)32-26(35)23-22-14-15-29(38-22)24(23)28(37)34(16-17-6-4-5-9-21(17)31)25(29)27(36)33-19-7-2-1-3-8-19/h4-6,9-15,19,22-25H,1-3,7-8,16H2,(H,32,35)(H,33,36)/t22-,23-,24-,25+,29-/m1/s1. The number of nitrogens with one attached hydrogen (secondary N) is 2. The molecule has 3 fully saturated rings. The van der Waals surface area contributed by atoms with Gasteiger partial charge in [-0.05, 0) is 43.2 Å². The van der Waals surface area contributed by atoms with Crippen LogP contribution < -0.4 is 10.6 Å². The summed E-state index contributed by atoms with van der Waals surface area (Å²) in [5.74, 6) is -3.19. The van der Waals surface area contributed by atoms with Crippen molar-refractivity contribution in [2.75, 3.05) is 5.32 Å². The second-order valence-corrected chi connectivity index (χ2v) is 11.5. The molecule has 38 heavy (non-hydrogen) atoms. The Morgan fingerprint density at radius 1 is 1.05 bits per heavy atom. The molecule has 0 radical (unpaired) electrons. The molecule has 9 heteroatoms. The summed E-state index contributed by atoms with van der Waals surface area (Å²) in [5, 5.41) is 6.05. The minimum atomic E-state index is -1.28. The molecule has 3 amide bonds. The monoisotopic (exact) mass is 581 g/mol. The molecule has 7 nitrogen and oxygen atoms in total. The molecule has 0 unspecified atom stereocenters. The lowest BCUT2D eigenvalue weighted by Gasteiger charge is -2.34. The molecule has 3 heterocycles. The zero-order valence-corrected chi connectivity index (χ0v) is 22.3. The molecule has 2 bridgehead atoms. The first-order valence-electron chi connectivity index (χ1n) is 13.2. The second kappa shape index (κ2) is 9.93. The number of halogens is 2. The number of hydrogen-bond donors (Lipinski definition) is 2. The Labute approximate surface area is 228 Å². The molecule has 1 saturated carbocycles. The molecule has 2 aromatic rings. The zero-order chi connectivity index (χ0) is 26.4. The van der Waals surface area contributed by atoms with Gasteiger partial charge in [0.05, 0.1) is 17.9 Å². The lowest BCUT2D eigenvalue weighted by Crippen LogP contribution is -2.56. The maximum atomic E-state index is 14.7. The van der Waals surface area contributed by atoms with Crippen LogP contribution in [0.25, 0.3) is 0 Å². The van der Waals surface area contributed by atoms with Crippen LogP contribution in [0.5, 0.6) is 0 Å². The molecule has 4 aliphatic rings. The quantitative estimate of drug-likeness (QED) is 0.497. The first-order valence-corrected chi connectivity index (χ1v) is 13.9. The average Bonchev–Trinajstić information content (AvgIpc) is 3.55. The van der Waals surface area contributed by atoms with Crippen LogP contribution in [0.1, 0.15) is 37.7 Å². The first-order chi connectivity index (χ1) is 18.4. The van der Waals surface area contributed by atoms with Crippen LogP contribution >= 0.6 is 15.9 Å². The number of carbonyl (C=O) groups is 3. The van der Waals surface area contributed by atoms with Crippen molar-refractivity contribution in [2.45, 2.75) is 62.4 Å². The van der Waals surface area contributed by atoms with E-state index in [2.05, 4.69) is 26.6 Å².